The molecule has 1 rings (SSSR count). The van der Waals surface area contributed by atoms with Crippen LogP contribution >= 0.6 is 11.8 Å². The highest BCUT2D eigenvalue weighted by molar-refractivity contribution is 7.99. The molecule has 6 heteroatoms. The number of likely N-dealkylation sites (N-methyl/N-ethyl adjacent to an activating group) is 1. The molecule has 1 aromatic heterocycles. The molecule has 0 fully saturated rings. The van der Waals surface area contributed by atoms with Gasteiger partial charge in [-0.05, 0) is 27.3 Å². The molecule has 0 radical (unpaired) electrons. The summed E-state index contributed by atoms with van der Waals surface area (Å²) in [5.41, 5.74) is 1.07. The first-order valence-electron chi connectivity index (χ1n) is 6.52. The average Bonchev–Trinajstić information content (AvgIpc) is 2.73. The van der Waals surface area contributed by atoms with E-state index in [2.05, 4.69) is 35.3 Å². The van der Waals surface area contributed by atoms with E-state index in [1.54, 1.807) is 6.20 Å². The molecule has 0 saturated heterocycles. The van der Waals surface area contributed by atoms with Gasteiger partial charge in [-0.15, -0.1) is 0 Å². The number of nitrogens with zero attached hydrogens (tertiary/aromatic N) is 3. The zero-order chi connectivity index (χ0) is 14.4. The Bertz CT molecular complexity index is 420. The van der Waals surface area contributed by atoms with Gasteiger partial charge in [-0.1, -0.05) is 18.7 Å². The van der Waals surface area contributed by atoms with Crippen molar-refractivity contribution in [3.8, 4) is 0 Å². The van der Waals surface area contributed by atoms with Crippen LogP contribution in [0.2, 0.25) is 0 Å². The summed E-state index contributed by atoms with van der Waals surface area (Å²) < 4.78 is 2.09. The second kappa shape index (κ2) is 7.55. The Labute approximate surface area is 119 Å². The van der Waals surface area contributed by atoms with Gasteiger partial charge in [-0.2, -0.15) is 0 Å². The molecule has 0 aliphatic rings. The molecule has 0 aliphatic heterocycles. The Morgan fingerprint density at radius 3 is 2.89 bits per heavy atom. The van der Waals surface area contributed by atoms with E-state index < -0.39 is 5.97 Å². The molecule has 0 bridgehead atoms. The van der Waals surface area contributed by atoms with Crippen molar-refractivity contribution in [2.45, 2.75) is 44.9 Å². The fourth-order valence-corrected chi connectivity index (χ4v) is 2.51. The maximum Gasteiger partial charge on any atom is 0.313 e. The van der Waals surface area contributed by atoms with Gasteiger partial charge in [-0.25, -0.2) is 4.98 Å². The largest absolute Gasteiger partial charge is 0.481 e. The summed E-state index contributed by atoms with van der Waals surface area (Å²) in [7, 11) is 2.12. The maximum atomic E-state index is 10.6. The number of carboxylic acid groups (broad SMARTS) is 1. The van der Waals surface area contributed by atoms with Crippen molar-refractivity contribution in [1.29, 1.82) is 0 Å². The van der Waals surface area contributed by atoms with Gasteiger partial charge in [0.1, 0.15) is 0 Å². The van der Waals surface area contributed by atoms with Crippen molar-refractivity contribution in [2.24, 2.45) is 0 Å². The lowest BCUT2D eigenvalue weighted by molar-refractivity contribution is -0.133. The number of carbonyl (C=O) groups is 1. The van der Waals surface area contributed by atoms with Gasteiger partial charge in [0, 0.05) is 31.0 Å². The van der Waals surface area contributed by atoms with Gasteiger partial charge in [0.05, 0.1) is 5.75 Å². The van der Waals surface area contributed by atoms with E-state index in [-0.39, 0.29) is 5.75 Å². The van der Waals surface area contributed by atoms with Crippen molar-refractivity contribution in [1.82, 2.24) is 14.5 Å². The number of thioether (sulfide) groups is 1. The fraction of sp³-hybridized carbons (Fsp3) is 0.692. The molecule has 5 nitrogen and oxygen atoms in total. The second-order valence-electron chi connectivity index (χ2n) is 4.75. The van der Waals surface area contributed by atoms with Crippen molar-refractivity contribution in [3.63, 3.8) is 0 Å². The molecule has 1 atom stereocenters. The van der Waals surface area contributed by atoms with E-state index >= 15 is 0 Å². The molecule has 108 valence electrons. The quantitative estimate of drug-likeness (QED) is 0.741. The van der Waals surface area contributed by atoms with Crippen LogP contribution in [0.4, 0.5) is 0 Å². The lowest BCUT2D eigenvalue weighted by Gasteiger charge is -2.24. The third kappa shape index (κ3) is 4.87. The van der Waals surface area contributed by atoms with Crippen LogP contribution in [0.3, 0.4) is 0 Å². The van der Waals surface area contributed by atoms with Crippen LogP contribution in [-0.4, -0.2) is 50.9 Å². The Balaban J connectivity index is 2.61. The summed E-state index contributed by atoms with van der Waals surface area (Å²) in [4.78, 5) is 17.2. The number of imidazole rings is 1. The molecule has 19 heavy (non-hydrogen) atoms. The molecular weight excluding hydrogens is 262 g/mol. The Kier molecular flexibility index (Phi) is 6.37. The molecule has 1 unspecified atom stereocenters. The van der Waals surface area contributed by atoms with Crippen LogP contribution in [0.15, 0.2) is 11.4 Å². The zero-order valence-electron chi connectivity index (χ0n) is 12.1. The topological polar surface area (TPSA) is 58.4 Å². The van der Waals surface area contributed by atoms with E-state index in [0.717, 1.165) is 30.4 Å². The number of hydrogen-bond donors (Lipinski definition) is 1. The molecule has 1 heterocycles. The number of carboxylic acids is 1. The lowest BCUT2D eigenvalue weighted by atomic mass is 10.2. The summed E-state index contributed by atoms with van der Waals surface area (Å²) in [6, 6.07) is 0.555. The molecule has 0 amide bonds. The van der Waals surface area contributed by atoms with Crippen LogP contribution in [0.25, 0.3) is 0 Å². The van der Waals surface area contributed by atoms with E-state index in [1.807, 2.05) is 6.92 Å². The standard InChI is InChI=1S/C13H23N3O2S/c1-5-10(2)15(4)6-7-16-11(3)8-14-13(16)19-9-12(17)18/h8,10H,5-7,9H2,1-4H3,(H,17,18). The fourth-order valence-electron chi connectivity index (χ4n) is 1.74. The first-order valence-corrected chi connectivity index (χ1v) is 7.51. The van der Waals surface area contributed by atoms with Crippen LogP contribution in [-0.2, 0) is 11.3 Å². The zero-order valence-corrected chi connectivity index (χ0v) is 12.9. The minimum Gasteiger partial charge on any atom is -0.481 e. The van der Waals surface area contributed by atoms with Crippen LogP contribution < -0.4 is 0 Å². The summed E-state index contributed by atoms with van der Waals surface area (Å²) in [5, 5.41) is 9.52. The number of aryl methyl sites for hydroxylation is 1. The Hall–Kier alpha value is -1.01. The highest BCUT2D eigenvalue weighted by Gasteiger charge is 2.12. The van der Waals surface area contributed by atoms with Gasteiger partial charge in [0.2, 0.25) is 0 Å². The first-order chi connectivity index (χ1) is 8.95. The summed E-state index contributed by atoms with van der Waals surface area (Å²) in [6.07, 6.45) is 2.92. The van der Waals surface area contributed by atoms with Gasteiger partial charge >= 0.3 is 5.97 Å². The summed E-state index contributed by atoms with van der Waals surface area (Å²) in [5.74, 6) is -0.758. The van der Waals surface area contributed by atoms with Gasteiger partial charge < -0.3 is 14.6 Å². The van der Waals surface area contributed by atoms with E-state index in [1.165, 1.54) is 11.8 Å². The predicted octanol–water partition coefficient (Wildman–Crippen LogP) is 2.10. The molecule has 0 saturated carbocycles. The minimum absolute atomic E-state index is 0.0532. The molecule has 1 aromatic rings. The van der Waals surface area contributed by atoms with E-state index in [4.69, 9.17) is 5.11 Å². The average molecular weight is 285 g/mol. The van der Waals surface area contributed by atoms with Gasteiger partial charge in [0.25, 0.3) is 0 Å². The predicted molar refractivity (Wildman–Crippen MR) is 77.7 cm³/mol. The van der Waals surface area contributed by atoms with Crippen LogP contribution in [0, 0.1) is 6.92 Å². The van der Waals surface area contributed by atoms with Crippen molar-refractivity contribution in [3.05, 3.63) is 11.9 Å². The molecule has 0 aliphatic carbocycles. The SMILES string of the molecule is CCC(C)N(C)CCn1c(C)cnc1SCC(=O)O. The second-order valence-corrected chi connectivity index (χ2v) is 5.70. The Morgan fingerprint density at radius 2 is 2.32 bits per heavy atom. The van der Waals surface area contributed by atoms with Crippen molar-refractivity contribution >= 4 is 17.7 Å². The number of hydrogen-bond acceptors (Lipinski definition) is 4. The number of aromatic nitrogens is 2. The monoisotopic (exact) mass is 285 g/mol. The van der Waals surface area contributed by atoms with Crippen molar-refractivity contribution < 1.29 is 9.90 Å². The summed E-state index contributed by atoms with van der Waals surface area (Å²) in [6.45, 7) is 8.17. The smallest absolute Gasteiger partial charge is 0.313 e. The van der Waals surface area contributed by atoms with Crippen LogP contribution in [0.1, 0.15) is 26.0 Å². The highest BCUT2D eigenvalue weighted by Crippen LogP contribution is 2.18. The van der Waals surface area contributed by atoms with Crippen molar-refractivity contribution in [2.75, 3.05) is 19.3 Å². The molecule has 0 aromatic carbocycles. The van der Waals surface area contributed by atoms with Gasteiger partial charge in [0.15, 0.2) is 5.16 Å². The number of rotatable bonds is 8. The number of aliphatic carboxylic acids is 1. The van der Waals surface area contributed by atoms with Crippen LogP contribution in [0.5, 0.6) is 0 Å². The first kappa shape index (κ1) is 16.0. The minimum atomic E-state index is -0.811. The van der Waals surface area contributed by atoms with E-state index in [0.29, 0.717) is 6.04 Å². The molecular formula is C13H23N3O2S. The van der Waals surface area contributed by atoms with E-state index in [9.17, 15) is 4.79 Å². The maximum absolute atomic E-state index is 10.6. The molecule has 0 spiro atoms. The third-order valence-electron chi connectivity index (χ3n) is 3.36. The Morgan fingerprint density at radius 1 is 1.63 bits per heavy atom. The summed E-state index contributed by atoms with van der Waals surface area (Å²) >= 11 is 1.28. The lowest BCUT2D eigenvalue weighted by Crippen LogP contribution is -2.31. The van der Waals surface area contributed by atoms with Gasteiger partial charge in [-0.3, -0.25) is 4.79 Å². The highest BCUT2D eigenvalue weighted by atomic mass is 32.2. The normalized spacial score (nSPS) is 12.9. The third-order valence-corrected chi connectivity index (χ3v) is 4.34. The molecule has 1 N–H and O–H groups in total.